The lowest BCUT2D eigenvalue weighted by Crippen LogP contribution is -2.24. The van der Waals surface area contributed by atoms with E-state index in [1.54, 1.807) is 0 Å². The molecule has 1 saturated carbocycles. The summed E-state index contributed by atoms with van der Waals surface area (Å²) in [4.78, 5) is 34.6. The van der Waals surface area contributed by atoms with Crippen LogP contribution in [0.4, 0.5) is 0 Å². The quantitative estimate of drug-likeness (QED) is 0.355. The maximum absolute atomic E-state index is 11.8. The third-order valence-corrected chi connectivity index (χ3v) is 3.71. The molecule has 4 nitrogen and oxygen atoms in total. The number of Topliss-reactive ketones (excluding diaryl/α,β-unsaturated/α-hetero) is 1. The molecule has 1 aliphatic heterocycles. The van der Waals surface area contributed by atoms with Gasteiger partial charge in [-0.15, -0.1) is 0 Å². The summed E-state index contributed by atoms with van der Waals surface area (Å²) >= 11 is 0. The molecule has 0 N–H and O–H groups in total. The first-order valence-electron chi connectivity index (χ1n) is 5.15. The highest BCUT2D eigenvalue weighted by Crippen LogP contribution is 2.53. The highest BCUT2D eigenvalue weighted by molar-refractivity contribution is 6.09. The van der Waals surface area contributed by atoms with Crippen LogP contribution in [0.3, 0.4) is 0 Å². The Bertz CT molecular complexity index is 420. The Morgan fingerprint density at radius 2 is 1.87 bits per heavy atom. The summed E-state index contributed by atoms with van der Waals surface area (Å²) in [5.41, 5.74) is 0.998. The smallest absolute Gasteiger partial charge is 0.318 e. The third kappa shape index (κ3) is 0.850. The van der Waals surface area contributed by atoms with E-state index in [9.17, 15) is 14.4 Å². The van der Waals surface area contributed by atoms with Crippen LogP contribution in [0.15, 0.2) is 11.6 Å². The zero-order chi connectivity index (χ0) is 10.7. The highest BCUT2D eigenvalue weighted by atomic mass is 16.6. The van der Waals surface area contributed by atoms with Crippen LogP contribution in [0.1, 0.15) is 13.3 Å². The number of allylic oxidation sites excluding steroid dienone is 2. The molecule has 0 radical (unpaired) electrons. The van der Waals surface area contributed by atoms with E-state index in [1.165, 1.54) is 0 Å². The number of rotatable bonds is 1. The number of fused-ring (bicyclic) bond motifs is 5. The van der Waals surface area contributed by atoms with Gasteiger partial charge in [-0.2, -0.15) is 0 Å². The van der Waals surface area contributed by atoms with Crippen molar-refractivity contribution >= 4 is 17.7 Å². The number of esters is 2. The average Bonchev–Trinajstić information content (AvgIpc) is 2.77. The van der Waals surface area contributed by atoms with E-state index in [0.29, 0.717) is 0 Å². The van der Waals surface area contributed by atoms with E-state index in [2.05, 4.69) is 4.74 Å². The van der Waals surface area contributed by atoms with Crippen LogP contribution in [0.25, 0.3) is 0 Å². The molecule has 1 heterocycles. The molecule has 0 spiro atoms. The first-order chi connectivity index (χ1) is 7.15. The van der Waals surface area contributed by atoms with Crippen LogP contribution in [-0.4, -0.2) is 17.7 Å². The molecule has 2 bridgehead atoms. The van der Waals surface area contributed by atoms with E-state index in [4.69, 9.17) is 0 Å². The van der Waals surface area contributed by atoms with Gasteiger partial charge in [0.2, 0.25) is 0 Å². The first kappa shape index (κ1) is 8.83. The molecular weight excluding hydrogens is 196 g/mol. The summed E-state index contributed by atoms with van der Waals surface area (Å²) in [6.07, 6.45) is 2.62. The predicted molar refractivity (Wildman–Crippen MR) is 48.4 cm³/mol. The predicted octanol–water partition coefficient (Wildman–Crippen LogP) is 0.467. The van der Waals surface area contributed by atoms with E-state index < -0.39 is 29.7 Å². The largest absolute Gasteiger partial charge is 0.393 e. The number of hydrogen-bond donors (Lipinski definition) is 0. The molecule has 4 atom stereocenters. The van der Waals surface area contributed by atoms with Gasteiger partial charge in [-0.1, -0.05) is 18.6 Å². The number of carbonyl (C=O) groups excluding carboxylic acids is 3. The van der Waals surface area contributed by atoms with Crippen molar-refractivity contribution in [1.82, 2.24) is 0 Å². The molecule has 0 aromatic heterocycles. The van der Waals surface area contributed by atoms with Crippen LogP contribution in [-0.2, 0) is 19.1 Å². The van der Waals surface area contributed by atoms with Crippen molar-refractivity contribution in [3.8, 4) is 0 Å². The molecule has 1 saturated heterocycles. The molecule has 3 rings (SSSR count). The zero-order valence-corrected chi connectivity index (χ0v) is 8.23. The topological polar surface area (TPSA) is 60.4 Å². The van der Waals surface area contributed by atoms with Gasteiger partial charge in [-0.05, 0) is 6.42 Å². The maximum Gasteiger partial charge on any atom is 0.318 e. The summed E-state index contributed by atoms with van der Waals surface area (Å²) in [5.74, 6) is -2.80. The monoisotopic (exact) mass is 206 g/mol. The highest BCUT2D eigenvalue weighted by Gasteiger charge is 2.64. The van der Waals surface area contributed by atoms with Gasteiger partial charge in [0.25, 0.3) is 0 Å². The average molecular weight is 206 g/mol. The van der Waals surface area contributed by atoms with Crippen molar-refractivity contribution < 1.29 is 19.1 Å². The van der Waals surface area contributed by atoms with Crippen molar-refractivity contribution in [2.24, 2.45) is 23.7 Å². The number of cyclic esters (lactones) is 2. The third-order valence-electron chi connectivity index (χ3n) is 3.71. The number of ether oxygens (including phenoxy) is 1. The minimum atomic E-state index is -0.523. The Kier molecular flexibility index (Phi) is 1.51. The van der Waals surface area contributed by atoms with E-state index in [1.807, 2.05) is 13.0 Å². The van der Waals surface area contributed by atoms with Gasteiger partial charge in [-0.25, -0.2) is 0 Å². The second-order valence-electron chi connectivity index (χ2n) is 4.29. The van der Waals surface area contributed by atoms with Crippen LogP contribution in [0.2, 0.25) is 0 Å². The van der Waals surface area contributed by atoms with Gasteiger partial charge in [0.05, 0.1) is 23.7 Å². The van der Waals surface area contributed by atoms with Gasteiger partial charge in [0.1, 0.15) is 5.78 Å². The van der Waals surface area contributed by atoms with Crippen LogP contribution < -0.4 is 0 Å². The molecule has 0 aromatic rings. The van der Waals surface area contributed by atoms with Crippen molar-refractivity contribution in [2.75, 3.05) is 0 Å². The SMILES string of the molecule is CCC1=CC2C(=O)C1C1C(=O)OC(=O)C21. The molecular formula is C11H10O4. The molecule has 2 aliphatic carbocycles. The van der Waals surface area contributed by atoms with Gasteiger partial charge < -0.3 is 4.74 Å². The molecule has 4 heteroatoms. The number of carbonyl (C=O) groups is 3. The molecule has 3 aliphatic rings. The zero-order valence-electron chi connectivity index (χ0n) is 8.23. The van der Waals surface area contributed by atoms with Crippen molar-refractivity contribution in [3.63, 3.8) is 0 Å². The molecule has 0 aromatic carbocycles. The normalized spacial score (nSPS) is 41.9. The fraction of sp³-hybridized carbons (Fsp3) is 0.545. The Balaban J connectivity index is 2.10. The Hall–Kier alpha value is -1.45. The van der Waals surface area contributed by atoms with E-state index >= 15 is 0 Å². The standard InChI is InChI=1S/C11H10O4/c1-2-4-3-5-7-8(6(4)9(5)12)11(14)15-10(7)13/h3,5-8H,2H2,1H3. The minimum Gasteiger partial charge on any atom is -0.393 e. The second kappa shape index (κ2) is 2.56. The number of hydrogen-bond acceptors (Lipinski definition) is 4. The minimum absolute atomic E-state index is 0.0341. The lowest BCUT2D eigenvalue weighted by Gasteiger charge is -2.17. The molecule has 0 amide bonds. The fourth-order valence-electron chi connectivity index (χ4n) is 3.07. The second-order valence-corrected chi connectivity index (χ2v) is 4.29. The lowest BCUT2D eigenvalue weighted by molar-refractivity contribution is -0.155. The molecule has 2 fully saturated rings. The van der Waals surface area contributed by atoms with Crippen molar-refractivity contribution in [1.29, 1.82) is 0 Å². The van der Waals surface area contributed by atoms with Crippen LogP contribution in [0.5, 0.6) is 0 Å². The summed E-state index contributed by atoms with van der Waals surface area (Å²) in [7, 11) is 0. The Morgan fingerprint density at radius 3 is 2.53 bits per heavy atom. The van der Waals surface area contributed by atoms with Crippen molar-refractivity contribution in [3.05, 3.63) is 11.6 Å². The van der Waals surface area contributed by atoms with Crippen LogP contribution >= 0.6 is 0 Å². The van der Waals surface area contributed by atoms with Gasteiger partial charge in [0.15, 0.2) is 0 Å². The summed E-state index contributed by atoms with van der Waals surface area (Å²) < 4.78 is 4.59. The Labute approximate surface area is 86.3 Å². The van der Waals surface area contributed by atoms with E-state index in [-0.39, 0.29) is 11.7 Å². The Morgan fingerprint density at radius 1 is 1.20 bits per heavy atom. The summed E-state index contributed by atoms with van der Waals surface area (Å²) in [6.45, 7) is 1.96. The maximum atomic E-state index is 11.8. The van der Waals surface area contributed by atoms with Crippen LogP contribution in [0, 0.1) is 23.7 Å². The lowest BCUT2D eigenvalue weighted by atomic mass is 9.80. The van der Waals surface area contributed by atoms with Gasteiger partial charge >= 0.3 is 11.9 Å². The van der Waals surface area contributed by atoms with Crippen molar-refractivity contribution in [2.45, 2.75) is 13.3 Å². The molecule has 4 unspecified atom stereocenters. The number of ketones is 1. The van der Waals surface area contributed by atoms with E-state index in [0.717, 1.165) is 12.0 Å². The van der Waals surface area contributed by atoms with Gasteiger partial charge in [-0.3, -0.25) is 14.4 Å². The first-order valence-corrected chi connectivity index (χ1v) is 5.15. The summed E-state index contributed by atoms with van der Waals surface area (Å²) in [6, 6.07) is 0. The fourth-order valence-corrected chi connectivity index (χ4v) is 3.07. The summed E-state index contributed by atoms with van der Waals surface area (Å²) in [5, 5.41) is 0. The molecule has 15 heavy (non-hydrogen) atoms. The molecule has 78 valence electrons. The van der Waals surface area contributed by atoms with Gasteiger partial charge in [0, 0.05) is 0 Å².